The molecule has 126 valence electrons. The highest BCUT2D eigenvalue weighted by atomic mass is 32.1. The third kappa shape index (κ3) is 3.23. The zero-order valence-electron chi connectivity index (χ0n) is 13.5. The fourth-order valence-electron chi connectivity index (χ4n) is 2.27. The first-order chi connectivity index (χ1) is 11.6. The molecule has 2 heterocycles. The van der Waals surface area contributed by atoms with E-state index in [2.05, 4.69) is 22.4 Å². The molecule has 3 aromatic rings. The Balaban J connectivity index is 1.91. The Kier molecular flexibility index (Phi) is 4.75. The summed E-state index contributed by atoms with van der Waals surface area (Å²) in [5.74, 6) is 0.318. The van der Waals surface area contributed by atoms with Crippen molar-refractivity contribution in [1.82, 2.24) is 20.2 Å². The van der Waals surface area contributed by atoms with E-state index >= 15 is 0 Å². The quantitative estimate of drug-likeness (QED) is 0.660. The minimum atomic E-state index is -0.976. The highest BCUT2D eigenvalue weighted by molar-refractivity contribution is 7.22. The van der Waals surface area contributed by atoms with Crippen molar-refractivity contribution in [1.29, 1.82) is 0 Å². The molecule has 24 heavy (non-hydrogen) atoms. The second-order valence-corrected chi connectivity index (χ2v) is 6.56. The standard InChI is InChI=1S/C16H18N4O3S/c1-3-4-7-23-12-6-5-11-8-14(24-13(11)9-12)15-17-18-19-20(15)10(2)16(21)22/h5-6,8-10H,3-4,7H2,1-2H3,(H,21,22). The van der Waals surface area contributed by atoms with Crippen LogP contribution in [0.2, 0.25) is 0 Å². The van der Waals surface area contributed by atoms with Gasteiger partial charge in [0.05, 0.1) is 11.5 Å². The summed E-state index contributed by atoms with van der Waals surface area (Å²) in [6, 6.07) is 7.07. The number of carboxylic acid groups (broad SMARTS) is 1. The topological polar surface area (TPSA) is 90.1 Å². The smallest absolute Gasteiger partial charge is 0.328 e. The molecule has 8 heteroatoms. The van der Waals surface area contributed by atoms with E-state index in [1.54, 1.807) is 6.92 Å². The molecule has 7 nitrogen and oxygen atoms in total. The summed E-state index contributed by atoms with van der Waals surface area (Å²) in [7, 11) is 0. The number of nitrogens with zero attached hydrogens (tertiary/aromatic N) is 4. The SMILES string of the molecule is CCCCOc1ccc2cc(-c3nnnn3C(C)C(=O)O)sc2c1. The number of carbonyl (C=O) groups is 1. The normalized spacial score (nSPS) is 12.4. The third-order valence-corrected chi connectivity index (χ3v) is 4.79. The van der Waals surface area contributed by atoms with Crippen LogP contribution in [0.15, 0.2) is 24.3 Å². The molecule has 0 bridgehead atoms. The van der Waals surface area contributed by atoms with Gasteiger partial charge >= 0.3 is 5.97 Å². The molecule has 3 rings (SSSR count). The first-order valence-corrected chi connectivity index (χ1v) is 8.59. The number of hydrogen-bond donors (Lipinski definition) is 1. The van der Waals surface area contributed by atoms with Crippen molar-refractivity contribution in [3.63, 3.8) is 0 Å². The number of rotatable bonds is 7. The summed E-state index contributed by atoms with van der Waals surface area (Å²) in [6.45, 7) is 4.38. The van der Waals surface area contributed by atoms with Crippen LogP contribution in [0, 0.1) is 0 Å². The predicted octanol–water partition coefficient (Wildman–Crippen LogP) is 3.38. The number of thiophene rings is 1. The lowest BCUT2D eigenvalue weighted by molar-refractivity contribution is -0.140. The lowest BCUT2D eigenvalue weighted by Crippen LogP contribution is -2.17. The maximum atomic E-state index is 11.2. The molecule has 0 radical (unpaired) electrons. The molecule has 1 atom stereocenters. The zero-order chi connectivity index (χ0) is 17.1. The van der Waals surface area contributed by atoms with Crippen molar-refractivity contribution < 1.29 is 14.6 Å². The second-order valence-electron chi connectivity index (χ2n) is 5.47. The van der Waals surface area contributed by atoms with Crippen LogP contribution in [-0.2, 0) is 4.79 Å². The van der Waals surface area contributed by atoms with Crippen LogP contribution in [-0.4, -0.2) is 37.9 Å². The number of carboxylic acids is 1. The van der Waals surface area contributed by atoms with Crippen LogP contribution in [0.25, 0.3) is 20.8 Å². The van der Waals surface area contributed by atoms with E-state index in [0.29, 0.717) is 12.4 Å². The van der Waals surface area contributed by atoms with Gasteiger partial charge in [0.15, 0.2) is 11.9 Å². The molecule has 0 aliphatic heterocycles. The van der Waals surface area contributed by atoms with Crippen molar-refractivity contribution in [3.8, 4) is 16.5 Å². The van der Waals surface area contributed by atoms with Gasteiger partial charge in [-0.25, -0.2) is 9.48 Å². The number of unbranched alkanes of at least 4 members (excludes halogenated alkanes) is 1. The minimum Gasteiger partial charge on any atom is -0.494 e. The summed E-state index contributed by atoms with van der Waals surface area (Å²) in [6.07, 6.45) is 2.12. The van der Waals surface area contributed by atoms with E-state index < -0.39 is 12.0 Å². The Labute approximate surface area is 142 Å². The van der Waals surface area contributed by atoms with E-state index in [0.717, 1.165) is 33.6 Å². The van der Waals surface area contributed by atoms with Gasteiger partial charge in [0.2, 0.25) is 0 Å². The molecule has 1 N–H and O–H groups in total. The highest BCUT2D eigenvalue weighted by Gasteiger charge is 2.21. The Morgan fingerprint density at radius 1 is 1.42 bits per heavy atom. The van der Waals surface area contributed by atoms with Crippen LogP contribution >= 0.6 is 11.3 Å². The van der Waals surface area contributed by atoms with Crippen molar-refractivity contribution in [2.24, 2.45) is 0 Å². The summed E-state index contributed by atoms with van der Waals surface area (Å²) < 4.78 is 8.11. The van der Waals surface area contributed by atoms with Gasteiger partial charge in [-0.15, -0.1) is 16.4 Å². The van der Waals surface area contributed by atoms with Crippen molar-refractivity contribution >= 4 is 27.4 Å². The molecule has 0 spiro atoms. The second kappa shape index (κ2) is 6.96. The fraction of sp³-hybridized carbons (Fsp3) is 0.375. The summed E-state index contributed by atoms with van der Waals surface area (Å²) in [5.41, 5.74) is 0. The Hall–Kier alpha value is -2.48. The average molecular weight is 346 g/mol. The maximum absolute atomic E-state index is 11.2. The van der Waals surface area contributed by atoms with Crippen LogP contribution in [0.3, 0.4) is 0 Å². The molecular weight excluding hydrogens is 328 g/mol. The van der Waals surface area contributed by atoms with Gasteiger partial charge in [0.25, 0.3) is 0 Å². The van der Waals surface area contributed by atoms with E-state index in [1.165, 1.54) is 16.0 Å². The highest BCUT2D eigenvalue weighted by Crippen LogP contribution is 2.35. The number of aliphatic carboxylic acids is 1. The number of fused-ring (bicyclic) bond motifs is 1. The Morgan fingerprint density at radius 2 is 2.25 bits per heavy atom. The predicted molar refractivity (Wildman–Crippen MR) is 91.4 cm³/mol. The van der Waals surface area contributed by atoms with Gasteiger partial charge in [-0.1, -0.05) is 13.3 Å². The van der Waals surface area contributed by atoms with Crippen LogP contribution in [0.1, 0.15) is 32.7 Å². The van der Waals surface area contributed by atoms with Crippen molar-refractivity contribution in [2.45, 2.75) is 32.7 Å². The molecule has 0 saturated heterocycles. The van der Waals surface area contributed by atoms with E-state index in [1.807, 2.05) is 24.3 Å². The molecular formula is C16H18N4O3S. The fourth-order valence-corrected chi connectivity index (χ4v) is 3.34. The van der Waals surface area contributed by atoms with Gasteiger partial charge in [-0.05, 0) is 53.4 Å². The maximum Gasteiger partial charge on any atom is 0.328 e. The number of ether oxygens (including phenoxy) is 1. The summed E-state index contributed by atoms with van der Waals surface area (Å²) >= 11 is 1.52. The molecule has 1 unspecified atom stereocenters. The Bertz CT molecular complexity index is 858. The average Bonchev–Trinajstić information content (AvgIpc) is 3.20. The molecule has 2 aromatic heterocycles. The molecule has 0 aliphatic rings. The zero-order valence-corrected chi connectivity index (χ0v) is 14.3. The van der Waals surface area contributed by atoms with Crippen LogP contribution in [0.5, 0.6) is 5.75 Å². The van der Waals surface area contributed by atoms with Crippen molar-refractivity contribution in [3.05, 3.63) is 24.3 Å². The molecule has 1 aromatic carbocycles. The monoisotopic (exact) mass is 346 g/mol. The number of tetrazole rings is 1. The molecule has 0 saturated carbocycles. The van der Waals surface area contributed by atoms with E-state index in [-0.39, 0.29) is 0 Å². The first-order valence-electron chi connectivity index (χ1n) is 7.77. The van der Waals surface area contributed by atoms with Crippen LogP contribution in [0.4, 0.5) is 0 Å². The van der Waals surface area contributed by atoms with Gasteiger partial charge in [0, 0.05) is 4.70 Å². The van der Waals surface area contributed by atoms with Gasteiger partial charge in [-0.2, -0.15) is 0 Å². The van der Waals surface area contributed by atoms with E-state index in [4.69, 9.17) is 4.74 Å². The number of hydrogen-bond acceptors (Lipinski definition) is 6. The van der Waals surface area contributed by atoms with Gasteiger partial charge in [0.1, 0.15) is 5.75 Å². The molecule has 0 aliphatic carbocycles. The van der Waals surface area contributed by atoms with Crippen molar-refractivity contribution in [2.75, 3.05) is 6.61 Å². The third-order valence-electron chi connectivity index (χ3n) is 3.70. The summed E-state index contributed by atoms with van der Waals surface area (Å²) in [4.78, 5) is 12.0. The van der Waals surface area contributed by atoms with E-state index in [9.17, 15) is 9.90 Å². The largest absolute Gasteiger partial charge is 0.494 e. The molecule has 0 amide bonds. The van der Waals surface area contributed by atoms with Gasteiger partial charge < -0.3 is 9.84 Å². The molecule has 0 fully saturated rings. The summed E-state index contributed by atoms with van der Waals surface area (Å²) in [5, 5.41) is 21.6. The first kappa shape index (κ1) is 16.4. The number of benzene rings is 1. The van der Waals surface area contributed by atoms with Crippen LogP contribution < -0.4 is 4.74 Å². The van der Waals surface area contributed by atoms with Gasteiger partial charge in [-0.3, -0.25) is 0 Å². The number of aromatic nitrogens is 4. The minimum absolute atomic E-state index is 0.458. The lowest BCUT2D eigenvalue weighted by atomic mass is 10.2. The lowest BCUT2D eigenvalue weighted by Gasteiger charge is -2.06. The Morgan fingerprint density at radius 3 is 3.00 bits per heavy atom.